The van der Waals surface area contributed by atoms with E-state index in [4.69, 9.17) is 0 Å². The summed E-state index contributed by atoms with van der Waals surface area (Å²) in [6.07, 6.45) is 7.32. The number of aliphatic hydroxyl groups is 1. The van der Waals surface area contributed by atoms with Gasteiger partial charge in [-0.2, -0.15) is 0 Å². The predicted octanol–water partition coefficient (Wildman–Crippen LogP) is 1.80. The lowest BCUT2D eigenvalue weighted by molar-refractivity contribution is -0.156. The first-order chi connectivity index (χ1) is 13.1. The number of rotatable bonds is 7. The highest BCUT2D eigenvalue weighted by Crippen LogP contribution is 2.38. The maximum Gasteiger partial charge on any atom is 0.255 e. The molecule has 0 saturated carbocycles. The molecule has 0 aromatic heterocycles. The normalized spacial score (nSPS) is 27.9. The molecule has 3 fully saturated rings. The maximum atomic E-state index is 12.9. The van der Waals surface area contributed by atoms with Crippen LogP contribution in [0.4, 0.5) is 0 Å². The predicted molar refractivity (Wildman–Crippen MR) is 107 cm³/mol. The van der Waals surface area contributed by atoms with E-state index in [9.17, 15) is 9.90 Å². The summed E-state index contributed by atoms with van der Waals surface area (Å²) in [6.45, 7) is 5.13. The summed E-state index contributed by atoms with van der Waals surface area (Å²) in [4.78, 5) is 17.4. The zero-order chi connectivity index (χ0) is 18.7. The fraction of sp³-hybridized carbons (Fsp3) is 0.682. The topological polar surface area (TPSA) is 55.8 Å². The molecule has 0 spiro atoms. The smallest absolute Gasteiger partial charge is 0.255 e. The van der Waals surface area contributed by atoms with Crippen LogP contribution in [0.1, 0.15) is 44.1 Å². The molecule has 1 aromatic rings. The number of hydrogen-bond donors (Lipinski definition) is 2. The van der Waals surface area contributed by atoms with Gasteiger partial charge in [-0.3, -0.25) is 9.69 Å². The van der Waals surface area contributed by atoms with Gasteiger partial charge in [-0.15, -0.1) is 0 Å². The van der Waals surface area contributed by atoms with Crippen molar-refractivity contribution < 1.29 is 9.90 Å². The Morgan fingerprint density at radius 1 is 0.963 bits per heavy atom. The third-order valence-corrected chi connectivity index (χ3v) is 6.90. The summed E-state index contributed by atoms with van der Waals surface area (Å²) in [7, 11) is 0. The summed E-state index contributed by atoms with van der Waals surface area (Å²) < 4.78 is 0. The fourth-order valence-electron chi connectivity index (χ4n) is 5.37. The highest BCUT2D eigenvalue weighted by molar-refractivity contribution is 5.86. The summed E-state index contributed by atoms with van der Waals surface area (Å²) >= 11 is 0. The van der Waals surface area contributed by atoms with E-state index in [-0.39, 0.29) is 11.4 Å². The van der Waals surface area contributed by atoms with Gasteiger partial charge >= 0.3 is 0 Å². The molecular formula is C22H33N3O2. The first-order valence-corrected chi connectivity index (χ1v) is 10.6. The van der Waals surface area contributed by atoms with E-state index in [1.165, 1.54) is 44.3 Å². The van der Waals surface area contributed by atoms with Gasteiger partial charge in [0.25, 0.3) is 5.91 Å². The number of piperidine rings is 1. The number of fused-ring (bicyclic) bond motifs is 1. The summed E-state index contributed by atoms with van der Waals surface area (Å²) in [5, 5.41) is 14.5. The first-order valence-electron chi connectivity index (χ1n) is 10.6. The van der Waals surface area contributed by atoms with Crippen LogP contribution >= 0.6 is 0 Å². The minimum atomic E-state index is -1.24. The Morgan fingerprint density at radius 3 is 2.41 bits per heavy atom. The van der Waals surface area contributed by atoms with E-state index in [1.54, 1.807) is 0 Å². The molecular weight excluding hydrogens is 338 g/mol. The van der Waals surface area contributed by atoms with Gasteiger partial charge in [0.15, 0.2) is 5.60 Å². The molecule has 3 heterocycles. The van der Waals surface area contributed by atoms with Crippen molar-refractivity contribution in [2.24, 2.45) is 0 Å². The van der Waals surface area contributed by atoms with Crippen molar-refractivity contribution in [1.82, 2.24) is 15.1 Å². The average Bonchev–Trinajstić information content (AvgIpc) is 3.24. The fourth-order valence-corrected chi connectivity index (χ4v) is 5.37. The molecule has 3 saturated heterocycles. The minimum Gasteiger partial charge on any atom is -0.379 e. The van der Waals surface area contributed by atoms with Gasteiger partial charge in [-0.25, -0.2) is 0 Å². The molecule has 1 atom stereocenters. The van der Waals surface area contributed by atoms with Crippen LogP contribution in [0.5, 0.6) is 0 Å². The van der Waals surface area contributed by atoms with E-state index in [1.807, 2.05) is 23.1 Å². The molecule has 0 radical (unpaired) electrons. The van der Waals surface area contributed by atoms with Crippen molar-refractivity contribution in [2.75, 3.05) is 39.3 Å². The Kier molecular flexibility index (Phi) is 5.53. The van der Waals surface area contributed by atoms with Gasteiger partial charge in [0.2, 0.25) is 0 Å². The molecule has 27 heavy (non-hydrogen) atoms. The number of carbonyl (C=O) groups excluding carboxylic acids is 1. The molecule has 3 aliphatic heterocycles. The third kappa shape index (κ3) is 3.91. The quantitative estimate of drug-likeness (QED) is 0.767. The minimum absolute atomic E-state index is 0.0932. The van der Waals surface area contributed by atoms with Gasteiger partial charge < -0.3 is 15.3 Å². The summed E-state index contributed by atoms with van der Waals surface area (Å²) in [5.74, 6) is -0.0932. The number of hydrogen-bond acceptors (Lipinski definition) is 4. The largest absolute Gasteiger partial charge is 0.379 e. The number of nitrogens with one attached hydrogen (secondary N) is 1. The zero-order valence-corrected chi connectivity index (χ0v) is 16.3. The molecule has 0 aliphatic carbocycles. The highest BCUT2D eigenvalue weighted by Gasteiger charge is 2.45. The van der Waals surface area contributed by atoms with Crippen molar-refractivity contribution in [3.05, 3.63) is 35.9 Å². The van der Waals surface area contributed by atoms with Gasteiger partial charge in [-0.1, -0.05) is 30.3 Å². The van der Waals surface area contributed by atoms with E-state index in [2.05, 4.69) is 22.3 Å². The average molecular weight is 372 g/mol. The third-order valence-electron chi connectivity index (χ3n) is 6.90. The number of likely N-dealkylation sites (tertiary alicyclic amines) is 1. The standard InChI is InChI=1S/C22H33N3O2/c26-20-22(27,18-23-17-21-10-4-14-25(21)15-5-11-21)12-6-13-24(20)16-9-19-7-2-1-3-8-19/h1-3,7-8,23,27H,4-6,9-18H2/t22-/m0/s1. The lowest BCUT2D eigenvalue weighted by Crippen LogP contribution is -2.59. The molecule has 1 amide bonds. The number of carbonyl (C=O) groups is 1. The van der Waals surface area contributed by atoms with Crippen molar-refractivity contribution in [1.29, 1.82) is 0 Å². The molecule has 1 aromatic carbocycles. The maximum absolute atomic E-state index is 12.9. The van der Waals surface area contributed by atoms with Crippen LogP contribution in [0, 0.1) is 0 Å². The van der Waals surface area contributed by atoms with Gasteiger partial charge in [0.05, 0.1) is 0 Å². The second-order valence-corrected chi connectivity index (χ2v) is 8.68. The Labute approximate surface area is 162 Å². The molecule has 4 rings (SSSR count). The van der Waals surface area contributed by atoms with Crippen LogP contribution in [-0.4, -0.2) is 71.2 Å². The number of amides is 1. The monoisotopic (exact) mass is 371 g/mol. The van der Waals surface area contributed by atoms with E-state index in [0.29, 0.717) is 19.5 Å². The molecule has 2 N–H and O–H groups in total. The second-order valence-electron chi connectivity index (χ2n) is 8.68. The van der Waals surface area contributed by atoms with Crippen LogP contribution in [0.25, 0.3) is 0 Å². The van der Waals surface area contributed by atoms with Crippen LogP contribution in [0.15, 0.2) is 30.3 Å². The van der Waals surface area contributed by atoms with Crippen LogP contribution in [0.2, 0.25) is 0 Å². The Morgan fingerprint density at radius 2 is 1.67 bits per heavy atom. The SMILES string of the molecule is O=C1N(CCc2ccccc2)CCC[C@]1(O)CNCC12CCCN1CCC2. The Hall–Kier alpha value is -1.43. The van der Waals surface area contributed by atoms with Gasteiger partial charge in [0, 0.05) is 31.7 Å². The lowest BCUT2D eigenvalue weighted by atomic mass is 9.90. The van der Waals surface area contributed by atoms with Crippen molar-refractivity contribution in [3.63, 3.8) is 0 Å². The molecule has 148 valence electrons. The summed E-state index contributed by atoms with van der Waals surface area (Å²) in [6, 6.07) is 10.3. The first kappa shape index (κ1) is 18.9. The van der Waals surface area contributed by atoms with Crippen molar-refractivity contribution in [2.45, 2.75) is 56.1 Å². The van der Waals surface area contributed by atoms with E-state index >= 15 is 0 Å². The van der Waals surface area contributed by atoms with Crippen LogP contribution < -0.4 is 5.32 Å². The molecule has 0 unspecified atom stereocenters. The lowest BCUT2D eigenvalue weighted by Gasteiger charge is -2.39. The molecule has 5 nitrogen and oxygen atoms in total. The van der Waals surface area contributed by atoms with Crippen molar-refractivity contribution in [3.8, 4) is 0 Å². The molecule has 3 aliphatic rings. The number of nitrogens with zero attached hydrogens (tertiary/aromatic N) is 2. The van der Waals surface area contributed by atoms with Crippen molar-refractivity contribution >= 4 is 5.91 Å². The zero-order valence-electron chi connectivity index (χ0n) is 16.3. The highest BCUT2D eigenvalue weighted by atomic mass is 16.3. The van der Waals surface area contributed by atoms with Gasteiger partial charge in [-0.05, 0) is 63.6 Å². The molecule has 5 heteroatoms. The Balaban J connectivity index is 1.31. The van der Waals surface area contributed by atoms with E-state index in [0.717, 1.165) is 25.9 Å². The summed E-state index contributed by atoms with van der Waals surface area (Å²) in [5.41, 5.74) is 0.272. The second kappa shape index (κ2) is 7.90. The molecule has 0 bridgehead atoms. The van der Waals surface area contributed by atoms with E-state index < -0.39 is 5.60 Å². The Bertz CT molecular complexity index is 640. The van der Waals surface area contributed by atoms with Gasteiger partial charge in [0.1, 0.15) is 0 Å². The number of benzene rings is 1. The van der Waals surface area contributed by atoms with Crippen LogP contribution in [-0.2, 0) is 11.2 Å². The van der Waals surface area contributed by atoms with Crippen LogP contribution in [0.3, 0.4) is 0 Å².